The highest BCUT2D eigenvalue weighted by Gasteiger charge is 2.32. The minimum absolute atomic E-state index is 0.00694. The molecular weight excluding hydrogens is 136 g/mol. The van der Waals surface area contributed by atoms with Crippen LogP contribution in [0.1, 0.15) is 39.0 Å². The van der Waals surface area contributed by atoms with E-state index < -0.39 is 6.10 Å². The summed E-state index contributed by atoms with van der Waals surface area (Å²) in [7, 11) is 0. The van der Waals surface area contributed by atoms with E-state index in [2.05, 4.69) is 12.8 Å². The van der Waals surface area contributed by atoms with E-state index in [-0.39, 0.29) is 5.41 Å². The summed E-state index contributed by atoms with van der Waals surface area (Å²) < 4.78 is 0. The van der Waals surface area contributed by atoms with Crippen molar-refractivity contribution in [3.63, 3.8) is 0 Å². The van der Waals surface area contributed by atoms with Gasteiger partial charge in [-0.25, -0.2) is 0 Å². The van der Waals surface area contributed by atoms with Crippen LogP contribution in [-0.2, 0) is 0 Å². The van der Waals surface area contributed by atoms with E-state index in [0.29, 0.717) is 0 Å². The maximum Gasteiger partial charge on any atom is 0.119 e. The van der Waals surface area contributed by atoms with E-state index in [1.807, 2.05) is 0 Å². The number of terminal acetylenes is 1. The minimum atomic E-state index is -0.539. The monoisotopic (exact) mass is 152 g/mol. The second-order valence-corrected chi connectivity index (χ2v) is 3.78. The molecule has 1 aliphatic carbocycles. The van der Waals surface area contributed by atoms with E-state index in [1.54, 1.807) is 0 Å². The fraction of sp³-hybridized carbons (Fsp3) is 0.800. The van der Waals surface area contributed by atoms with Gasteiger partial charge in [0, 0.05) is 5.41 Å². The molecule has 0 aromatic carbocycles. The average Bonchev–Trinajstić information content (AvgIpc) is 2.04. The summed E-state index contributed by atoms with van der Waals surface area (Å²) in [4.78, 5) is 0. The molecule has 1 heteroatoms. The van der Waals surface area contributed by atoms with Gasteiger partial charge in [-0.2, -0.15) is 0 Å². The molecule has 11 heavy (non-hydrogen) atoms. The van der Waals surface area contributed by atoms with Gasteiger partial charge in [0.15, 0.2) is 0 Å². The molecule has 0 aromatic heterocycles. The molecular formula is C10H16O. The van der Waals surface area contributed by atoms with E-state index in [0.717, 1.165) is 12.8 Å². The zero-order valence-electron chi connectivity index (χ0n) is 7.14. The molecule has 1 unspecified atom stereocenters. The molecule has 0 spiro atoms. The van der Waals surface area contributed by atoms with Gasteiger partial charge in [0.2, 0.25) is 0 Å². The van der Waals surface area contributed by atoms with Crippen LogP contribution < -0.4 is 0 Å². The Labute approximate surface area is 68.8 Å². The molecule has 1 saturated carbocycles. The number of hydrogen-bond donors (Lipinski definition) is 1. The van der Waals surface area contributed by atoms with Gasteiger partial charge in [0.1, 0.15) is 6.10 Å². The van der Waals surface area contributed by atoms with Gasteiger partial charge in [-0.1, -0.05) is 32.1 Å². The minimum Gasteiger partial charge on any atom is -0.380 e. The van der Waals surface area contributed by atoms with Crippen LogP contribution >= 0.6 is 0 Å². The van der Waals surface area contributed by atoms with Crippen molar-refractivity contribution in [1.82, 2.24) is 0 Å². The third-order valence-electron chi connectivity index (χ3n) is 2.81. The lowest BCUT2D eigenvalue weighted by Crippen LogP contribution is -2.33. The fourth-order valence-corrected chi connectivity index (χ4v) is 1.83. The topological polar surface area (TPSA) is 20.2 Å². The lowest BCUT2D eigenvalue weighted by atomic mass is 9.72. The van der Waals surface area contributed by atoms with Crippen molar-refractivity contribution in [2.45, 2.75) is 45.1 Å². The van der Waals surface area contributed by atoms with Crippen LogP contribution in [0.25, 0.3) is 0 Å². The van der Waals surface area contributed by atoms with Gasteiger partial charge in [-0.05, 0) is 12.8 Å². The van der Waals surface area contributed by atoms with Crippen LogP contribution in [0.5, 0.6) is 0 Å². The second-order valence-electron chi connectivity index (χ2n) is 3.78. The second kappa shape index (κ2) is 3.28. The van der Waals surface area contributed by atoms with E-state index in [4.69, 9.17) is 6.42 Å². The zero-order chi connectivity index (χ0) is 8.32. The van der Waals surface area contributed by atoms with E-state index in [9.17, 15) is 5.11 Å². The highest BCUT2D eigenvalue weighted by Crippen LogP contribution is 2.38. The highest BCUT2D eigenvalue weighted by molar-refractivity contribution is 5.03. The first-order valence-corrected chi connectivity index (χ1v) is 4.33. The van der Waals surface area contributed by atoms with Crippen molar-refractivity contribution in [3.8, 4) is 12.3 Å². The predicted molar refractivity (Wildman–Crippen MR) is 46.0 cm³/mol. The third-order valence-corrected chi connectivity index (χ3v) is 2.81. The summed E-state index contributed by atoms with van der Waals surface area (Å²) in [5.74, 6) is 2.43. The highest BCUT2D eigenvalue weighted by atomic mass is 16.3. The average molecular weight is 152 g/mol. The van der Waals surface area contributed by atoms with Gasteiger partial charge < -0.3 is 5.11 Å². The van der Waals surface area contributed by atoms with Gasteiger partial charge in [0.05, 0.1) is 0 Å². The van der Waals surface area contributed by atoms with Crippen molar-refractivity contribution >= 4 is 0 Å². The Bertz CT molecular complexity index is 160. The van der Waals surface area contributed by atoms with Crippen molar-refractivity contribution < 1.29 is 5.11 Å². The largest absolute Gasteiger partial charge is 0.380 e. The normalized spacial score (nSPS) is 25.5. The molecule has 1 rings (SSSR count). The Morgan fingerprint density at radius 2 is 1.91 bits per heavy atom. The van der Waals surface area contributed by atoms with Crippen LogP contribution in [0.4, 0.5) is 0 Å². The fourth-order valence-electron chi connectivity index (χ4n) is 1.83. The summed E-state index contributed by atoms with van der Waals surface area (Å²) in [5, 5.41) is 9.51. The third kappa shape index (κ3) is 1.75. The molecule has 0 saturated heterocycles. The first kappa shape index (κ1) is 8.62. The molecule has 0 amide bonds. The quantitative estimate of drug-likeness (QED) is 0.569. The predicted octanol–water partition coefficient (Wildman–Crippen LogP) is 1.95. The van der Waals surface area contributed by atoms with Gasteiger partial charge >= 0.3 is 0 Å². The van der Waals surface area contributed by atoms with Crippen LogP contribution in [0.2, 0.25) is 0 Å². The molecule has 0 bridgehead atoms. The SMILES string of the molecule is C#CC(O)C1(C)CCCCC1. The molecule has 1 nitrogen and oxygen atoms in total. The number of aliphatic hydroxyl groups is 1. The zero-order valence-corrected chi connectivity index (χ0v) is 7.14. The Morgan fingerprint density at radius 3 is 2.36 bits per heavy atom. The van der Waals surface area contributed by atoms with Gasteiger partial charge in [-0.15, -0.1) is 6.42 Å². The Hall–Kier alpha value is -0.480. The van der Waals surface area contributed by atoms with Gasteiger partial charge in [-0.3, -0.25) is 0 Å². The van der Waals surface area contributed by atoms with Crippen molar-refractivity contribution in [2.75, 3.05) is 0 Å². The van der Waals surface area contributed by atoms with Gasteiger partial charge in [0.25, 0.3) is 0 Å². The van der Waals surface area contributed by atoms with E-state index >= 15 is 0 Å². The van der Waals surface area contributed by atoms with Crippen molar-refractivity contribution in [1.29, 1.82) is 0 Å². The van der Waals surface area contributed by atoms with Crippen LogP contribution in [-0.4, -0.2) is 11.2 Å². The molecule has 0 aromatic rings. The molecule has 62 valence electrons. The molecule has 1 aliphatic rings. The van der Waals surface area contributed by atoms with E-state index in [1.165, 1.54) is 19.3 Å². The van der Waals surface area contributed by atoms with Crippen LogP contribution in [0, 0.1) is 17.8 Å². The summed E-state index contributed by atoms with van der Waals surface area (Å²) in [6.07, 6.45) is 10.5. The Kier molecular flexibility index (Phi) is 2.57. The smallest absolute Gasteiger partial charge is 0.119 e. The van der Waals surface area contributed by atoms with Crippen LogP contribution in [0.15, 0.2) is 0 Å². The molecule has 1 atom stereocenters. The standard InChI is InChI=1S/C10H16O/c1-3-9(11)10(2)7-5-4-6-8-10/h1,9,11H,4-8H2,2H3. The number of hydrogen-bond acceptors (Lipinski definition) is 1. The number of aliphatic hydroxyl groups excluding tert-OH is 1. The summed E-state index contributed by atoms with van der Waals surface area (Å²) in [5.41, 5.74) is 0.00694. The lowest BCUT2D eigenvalue weighted by molar-refractivity contribution is 0.0507. The summed E-state index contributed by atoms with van der Waals surface area (Å²) in [6, 6.07) is 0. The molecule has 0 heterocycles. The first-order valence-electron chi connectivity index (χ1n) is 4.33. The summed E-state index contributed by atoms with van der Waals surface area (Å²) in [6.45, 7) is 2.09. The molecule has 0 aliphatic heterocycles. The maximum absolute atomic E-state index is 9.51. The van der Waals surface area contributed by atoms with Crippen molar-refractivity contribution in [3.05, 3.63) is 0 Å². The maximum atomic E-state index is 9.51. The van der Waals surface area contributed by atoms with Crippen molar-refractivity contribution in [2.24, 2.45) is 5.41 Å². The first-order chi connectivity index (χ1) is 5.19. The molecule has 1 N–H and O–H groups in total. The summed E-state index contributed by atoms with van der Waals surface area (Å²) >= 11 is 0. The van der Waals surface area contributed by atoms with Crippen LogP contribution in [0.3, 0.4) is 0 Å². The number of rotatable bonds is 1. The Balaban J connectivity index is 2.57. The molecule has 0 radical (unpaired) electrons. The lowest BCUT2D eigenvalue weighted by Gasteiger charge is -2.35. The Morgan fingerprint density at radius 1 is 1.36 bits per heavy atom. The molecule has 1 fully saturated rings.